The lowest BCUT2D eigenvalue weighted by Crippen LogP contribution is -2.57. The first-order valence-electron chi connectivity index (χ1n) is 9.31. The molecule has 0 radical (unpaired) electrons. The number of nitrogens with zero attached hydrogens (tertiary/aromatic N) is 2. The maximum Gasteiger partial charge on any atom is 0.434 e. The predicted octanol–water partition coefficient (Wildman–Crippen LogP) is 4.53. The standard InChI is InChI=1S/C18H30F3N5O2S.HI/c1-7-17(8-2,26-15(27)28-16(3,4)5)11-24-14(22-6)23-9-13-25-12(10-29-13)18(19,20)21;/h10H,7-9,11H2,1-6H3,(H,26,27)(H2,22,23,24);1H. The Bertz CT molecular complexity index is 701. The molecular weight excluding hydrogens is 534 g/mol. The average molecular weight is 565 g/mol. The number of guanidine groups is 1. The zero-order valence-corrected chi connectivity index (χ0v) is 21.2. The third-order valence-corrected chi connectivity index (χ3v) is 5.04. The number of carbonyl (C=O) groups is 1. The second-order valence-electron chi connectivity index (χ2n) is 7.52. The Balaban J connectivity index is 0.00000841. The van der Waals surface area contributed by atoms with E-state index in [1.165, 1.54) is 0 Å². The number of carbonyl (C=O) groups excluding carboxylic acids is 1. The average Bonchev–Trinajstić information content (AvgIpc) is 3.08. The first-order chi connectivity index (χ1) is 13.3. The topological polar surface area (TPSA) is 87.6 Å². The molecule has 1 heterocycles. The Morgan fingerprint density at radius 2 is 1.80 bits per heavy atom. The summed E-state index contributed by atoms with van der Waals surface area (Å²) in [5.41, 5.74) is -2.07. The van der Waals surface area contributed by atoms with Crippen molar-refractivity contribution in [2.45, 2.75) is 71.3 Å². The van der Waals surface area contributed by atoms with Gasteiger partial charge in [0.15, 0.2) is 11.7 Å². The van der Waals surface area contributed by atoms with Gasteiger partial charge in [-0.05, 0) is 33.6 Å². The molecule has 0 fully saturated rings. The van der Waals surface area contributed by atoms with Crippen LogP contribution in [0.15, 0.2) is 10.4 Å². The Hall–Kier alpha value is -1.31. The summed E-state index contributed by atoms with van der Waals surface area (Å²) in [4.78, 5) is 19.8. The molecule has 7 nitrogen and oxygen atoms in total. The fourth-order valence-electron chi connectivity index (χ4n) is 2.40. The van der Waals surface area contributed by atoms with Gasteiger partial charge in [0.2, 0.25) is 0 Å². The number of alkyl carbamates (subject to hydrolysis) is 1. The molecule has 1 rings (SSSR count). The Morgan fingerprint density at radius 3 is 2.23 bits per heavy atom. The fraction of sp³-hybridized carbons (Fsp3) is 0.722. The van der Waals surface area contributed by atoms with Gasteiger partial charge in [0.25, 0.3) is 0 Å². The van der Waals surface area contributed by atoms with Crippen LogP contribution in [-0.2, 0) is 17.5 Å². The molecule has 3 N–H and O–H groups in total. The quantitative estimate of drug-likeness (QED) is 0.257. The zero-order valence-electron chi connectivity index (χ0n) is 18.1. The minimum absolute atomic E-state index is 0. The molecule has 0 aliphatic rings. The summed E-state index contributed by atoms with van der Waals surface area (Å²) in [7, 11) is 1.55. The van der Waals surface area contributed by atoms with Crippen LogP contribution in [0.5, 0.6) is 0 Å². The summed E-state index contributed by atoms with van der Waals surface area (Å²) >= 11 is 0.925. The smallest absolute Gasteiger partial charge is 0.434 e. The van der Waals surface area contributed by atoms with Crippen molar-refractivity contribution >= 4 is 47.4 Å². The molecule has 30 heavy (non-hydrogen) atoms. The number of aromatic nitrogens is 1. The number of alkyl halides is 3. The minimum Gasteiger partial charge on any atom is -0.444 e. The lowest BCUT2D eigenvalue weighted by atomic mass is 9.93. The van der Waals surface area contributed by atoms with Gasteiger partial charge in [-0.15, -0.1) is 35.3 Å². The highest BCUT2D eigenvalue weighted by Gasteiger charge is 2.34. The van der Waals surface area contributed by atoms with Crippen LogP contribution < -0.4 is 16.0 Å². The summed E-state index contributed by atoms with van der Waals surface area (Å²) in [6.07, 6.45) is -3.67. The summed E-state index contributed by atoms with van der Waals surface area (Å²) in [6.45, 7) is 9.74. The minimum atomic E-state index is -4.45. The van der Waals surface area contributed by atoms with Crippen molar-refractivity contribution in [1.29, 1.82) is 0 Å². The molecule has 0 bridgehead atoms. The number of nitrogens with one attached hydrogen (secondary N) is 3. The van der Waals surface area contributed by atoms with Crippen molar-refractivity contribution in [3.8, 4) is 0 Å². The molecule has 0 unspecified atom stereocenters. The summed E-state index contributed by atoms with van der Waals surface area (Å²) in [6, 6.07) is 0. The molecule has 0 aliphatic carbocycles. The second kappa shape index (κ2) is 11.9. The third-order valence-electron chi connectivity index (χ3n) is 4.19. The maximum absolute atomic E-state index is 12.6. The van der Waals surface area contributed by atoms with Crippen molar-refractivity contribution in [3.63, 3.8) is 0 Å². The van der Waals surface area contributed by atoms with Gasteiger partial charge in [0.05, 0.1) is 12.1 Å². The van der Waals surface area contributed by atoms with Crippen molar-refractivity contribution < 1.29 is 22.7 Å². The van der Waals surface area contributed by atoms with Crippen LogP contribution in [0.25, 0.3) is 0 Å². The van der Waals surface area contributed by atoms with Crippen LogP contribution in [0.2, 0.25) is 0 Å². The van der Waals surface area contributed by atoms with Crippen molar-refractivity contribution in [2.24, 2.45) is 4.99 Å². The zero-order chi connectivity index (χ0) is 22.3. The van der Waals surface area contributed by atoms with Gasteiger partial charge in [-0.25, -0.2) is 9.78 Å². The highest BCUT2D eigenvalue weighted by atomic mass is 127. The maximum atomic E-state index is 12.6. The van der Waals surface area contributed by atoms with Crippen LogP contribution in [0.1, 0.15) is 58.2 Å². The number of thiazole rings is 1. The lowest BCUT2D eigenvalue weighted by molar-refractivity contribution is -0.140. The van der Waals surface area contributed by atoms with Crippen LogP contribution in [0, 0.1) is 0 Å². The van der Waals surface area contributed by atoms with Gasteiger partial charge in [-0.1, -0.05) is 13.8 Å². The van der Waals surface area contributed by atoms with Crippen LogP contribution in [-0.4, -0.2) is 41.8 Å². The number of halogens is 4. The molecular formula is C18H31F3IN5O2S. The Labute approximate surface area is 196 Å². The van der Waals surface area contributed by atoms with E-state index in [0.717, 1.165) is 16.7 Å². The molecule has 0 aliphatic heterocycles. The van der Waals surface area contributed by atoms with E-state index in [9.17, 15) is 18.0 Å². The highest BCUT2D eigenvalue weighted by Crippen LogP contribution is 2.29. The van der Waals surface area contributed by atoms with Crippen molar-refractivity contribution in [2.75, 3.05) is 13.6 Å². The van der Waals surface area contributed by atoms with Crippen LogP contribution in [0.3, 0.4) is 0 Å². The summed E-state index contributed by atoms with van der Waals surface area (Å²) in [5, 5.41) is 10.2. The predicted molar refractivity (Wildman–Crippen MR) is 123 cm³/mol. The van der Waals surface area contributed by atoms with E-state index in [1.54, 1.807) is 27.8 Å². The number of hydrogen-bond acceptors (Lipinski definition) is 5. The fourth-order valence-corrected chi connectivity index (χ4v) is 3.14. The summed E-state index contributed by atoms with van der Waals surface area (Å²) < 4.78 is 43.3. The Morgan fingerprint density at radius 1 is 1.20 bits per heavy atom. The van der Waals surface area contributed by atoms with E-state index in [2.05, 4.69) is 25.9 Å². The largest absolute Gasteiger partial charge is 0.444 e. The van der Waals surface area contributed by atoms with E-state index in [1.807, 2.05) is 13.8 Å². The molecule has 0 spiro atoms. The van der Waals surface area contributed by atoms with Crippen LogP contribution in [0.4, 0.5) is 18.0 Å². The molecule has 174 valence electrons. The third kappa shape index (κ3) is 9.67. The van der Waals surface area contributed by atoms with Gasteiger partial charge in [0, 0.05) is 19.0 Å². The molecule has 0 atom stereocenters. The normalized spacial score (nSPS) is 12.8. The number of hydrogen-bond donors (Lipinski definition) is 3. The van der Waals surface area contributed by atoms with E-state index >= 15 is 0 Å². The summed E-state index contributed by atoms with van der Waals surface area (Å²) in [5.74, 6) is 0.394. The molecule has 12 heteroatoms. The van der Waals surface area contributed by atoms with Crippen LogP contribution >= 0.6 is 35.3 Å². The molecule has 1 amide bonds. The van der Waals surface area contributed by atoms with Crippen molar-refractivity contribution in [1.82, 2.24) is 20.9 Å². The molecule has 1 aromatic heterocycles. The molecule has 1 aromatic rings. The number of rotatable bonds is 7. The molecule has 0 saturated heterocycles. The van der Waals surface area contributed by atoms with Gasteiger partial charge in [-0.3, -0.25) is 4.99 Å². The highest BCUT2D eigenvalue weighted by molar-refractivity contribution is 14.0. The van der Waals surface area contributed by atoms with E-state index in [-0.39, 0.29) is 30.5 Å². The van der Waals surface area contributed by atoms with Crippen molar-refractivity contribution in [3.05, 3.63) is 16.1 Å². The van der Waals surface area contributed by atoms with Gasteiger partial charge >= 0.3 is 12.3 Å². The molecule has 0 aromatic carbocycles. The second-order valence-corrected chi connectivity index (χ2v) is 8.46. The van der Waals surface area contributed by atoms with E-state index in [4.69, 9.17) is 4.74 Å². The monoisotopic (exact) mass is 565 g/mol. The Kier molecular flexibility index (Phi) is 11.4. The SMILES string of the molecule is CCC(CC)(CNC(=NC)NCc1nc(C(F)(F)F)cs1)NC(=O)OC(C)(C)C.I. The lowest BCUT2D eigenvalue weighted by Gasteiger charge is -2.34. The number of amides is 1. The van der Waals surface area contributed by atoms with E-state index in [0.29, 0.717) is 30.4 Å². The number of aliphatic imine (C=N–C) groups is 1. The van der Waals surface area contributed by atoms with E-state index < -0.39 is 29.1 Å². The van der Waals surface area contributed by atoms with Gasteiger partial charge < -0.3 is 20.7 Å². The number of ether oxygens (including phenoxy) is 1. The molecule has 0 saturated carbocycles. The van der Waals surface area contributed by atoms with Gasteiger partial charge in [-0.2, -0.15) is 13.2 Å². The first kappa shape index (κ1) is 28.7. The first-order valence-corrected chi connectivity index (χ1v) is 10.2. The van der Waals surface area contributed by atoms with Gasteiger partial charge in [0.1, 0.15) is 10.6 Å².